The molecule has 0 aliphatic rings. The number of carbonyl (C=O) groups excluding carboxylic acids is 2. The summed E-state index contributed by atoms with van der Waals surface area (Å²) in [5, 5.41) is 8.55. The van der Waals surface area contributed by atoms with Crippen LogP contribution in [0.5, 0.6) is 5.75 Å². The van der Waals surface area contributed by atoms with Crippen molar-refractivity contribution in [3.8, 4) is 17.6 Å². The molecule has 0 heterocycles. The van der Waals surface area contributed by atoms with Gasteiger partial charge in [-0.2, -0.15) is 0 Å². The Morgan fingerprint density at radius 2 is 1.89 bits per heavy atom. The Kier molecular flexibility index (Phi) is 16.4. The van der Waals surface area contributed by atoms with Crippen LogP contribution in [-0.2, 0) is 14.3 Å². The molecular weight excluding hydrogens is 498 g/mol. The second kappa shape index (κ2) is 18.4. The first-order valence-electron chi connectivity index (χ1n) is 12.1. The third kappa shape index (κ3) is 16.7. The van der Waals surface area contributed by atoms with Gasteiger partial charge in [0.25, 0.3) is 5.91 Å². The van der Waals surface area contributed by atoms with Crippen molar-refractivity contribution in [2.24, 2.45) is 5.92 Å². The Labute approximate surface area is 224 Å². The van der Waals surface area contributed by atoms with Crippen LogP contribution in [0.25, 0.3) is 0 Å². The van der Waals surface area contributed by atoms with E-state index in [0.717, 1.165) is 0 Å². The maximum atomic E-state index is 12.3. The Balaban J connectivity index is 2.49. The van der Waals surface area contributed by atoms with Gasteiger partial charge in [0, 0.05) is 29.3 Å². The summed E-state index contributed by atoms with van der Waals surface area (Å²) >= 11 is 0. The van der Waals surface area contributed by atoms with Crippen LogP contribution in [0, 0.1) is 17.8 Å². The van der Waals surface area contributed by atoms with Gasteiger partial charge in [-0.05, 0) is 25.2 Å². The molecule has 0 radical (unpaired) electrons. The Hall–Kier alpha value is -1.90. The van der Waals surface area contributed by atoms with Crippen LogP contribution in [0.15, 0.2) is 24.3 Å². The zero-order valence-electron chi connectivity index (χ0n) is 22.3. The number of carbonyl (C=O) groups is 2. The Bertz CT molecular complexity index is 850. The van der Waals surface area contributed by atoms with Gasteiger partial charge in [0.15, 0.2) is 0 Å². The van der Waals surface area contributed by atoms with Gasteiger partial charge in [-0.3, -0.25) is 9.59 Å². The standard InChI is InChI=1S/C26H41N3O5S2/c1-20(2)9-8-12-28-23(30)18-32-15-16-33-24(35-36-26(3,4)5)19-34-22-11-7-10-21(17-22)25(31)29-14-13-27-6/h7,10-11,17,20,24,27H,12-16,18-19H2,1-6H3,(H,28,30)(H,29,31)/t24-/m0/s1. The summed E-state index contributed by atoms with van der Waals surface area (Å²) in [6, 6.07) is 7.09. The minimum atomic E-state index is -0.258. The van der Waals surface area contributed by atoms with Crippen molar-refractivity contribution in [1.82, 2.24) is 16.0 Å². The van der Waals surface area contributed by atoms with Crippen molar-refractivity contribution in [1.29, 1.82) is 0 Å². The first kappa shape index (κ1) is 32.1. The van der Waals surface area contributed by atoms with E-state index in [9.17, 15) is 9.59 Å². The van der Waals surface area contributed by atoms with Crippen LogP contribution in [0.4, 0.5) is 0 Å². The number of ether oxygens (including phenoxy) is 3. The van der Waals surface area contributed by atoms with E-state index in [1.807, 2.05) is 27.0 Å². The largest absolute Gasteiger partial charge is 0.490 e. The summed E-state index contributed by atoms with van der Waals surface area (Å²) in [6.07, 6.45) is 0. The molecule has 0 aromatic heterocycles. The molecule has 202 valence electrons. The smallest absolute Gasteiger partial charge is 0.251 e. The third-order valence-electron chi connectivity index (χ3n) is 4.08. The monoisotopic (exact) mass is 539 g/mol. The lowest BCUT2D eigenvalue weighted by molar-refractivity contribution is -0.126. The number of likely N-dealkylation sites (N-methyl/N-ethyl adjacent to an activating group) is 1. The van der Waals surface area contributed by atoms with Crippen molar-refractivity contribution >= 4 is 33.4 Å². The highest BCUT2D eigenvalue weighted by molar-refractivity contribution is 8.77. The summed E-state index contributed by atoms with van der Waals surface area (Å²) in [4.78, 5) is 24.1. The van der Waals surface area contributed by atoms with Crippen molar-refractivity contribution in [2.45, 2.75) is 44.8 Å². The number of nitrogens with one attached hydrogen (secondary N) is 3. The molecule has 0 spiro atoms. The van der Waals surface area contributed by atoms with Gasteiger partial charge >= 0.3 is 0 Å². The molecule has 1 aromatic carbocycles. The SMILES string of the molecule is CNCCNC(=O)c1cccc(OC[C@@H](OCCOCC(=O)NCC#CC(C)C)SSC(C)(C)C)c1. The van der Waals surface area contributed by atoms with Gasteiger partial charge < -0.3 is 30.2 Å². The lowest BCUT2D eigenvalue weighted by Gasteiger charge is -2.22. The second-order valence-corrected chi connectivity index (χ2v) is 12.3. The second-order valence-electron chi connectivity index (χ2n) is 9.10. The number of hydrogen-bond acceptors (Lipinski definition) is 8. The molecule has 0 fully saturated rings. The highest BCUT2D eigenvalue weighted by Crippen LogP contribution is 2.38. The van der Waals surface area contributed by atoms with Gasteiger partial charge in [-0.15, -0.1) is 0 Å². The lowest BCUT2D eigenvalue weighted by Crippen LogP contribution is -2.30. The van der Waals surface area contributed by atoms with Crippen molar-refractivity contribution in [2.75, 3.05) is 53.1 Å². The molecule has 3 N–H and O–H groups in total. The maximum Gasteiger partial charge on any atom is 0.251 e. The molecule has 0 aliphatic heterocycles. The fourth-order valence-electron chi connectivity index (χ4n) is 2.45. The summed E-state index contributed by atoms with van der Waals surface area (Å²) < 4.78 is 17.4. The zero-order chi connectivity index (χ0) is 26.8. The fourth-order valence-corrected chi connectivity index (χ4v) is 4.64. The summed E-state index contributed by atoms with van der Waals surface area (Å²) in [5.74, 6) is 6.41. The fraction of sp³-hybridized carbons (Fsp3) is 0.615. The van der Waals surface area contributed by atoms with E-state index in [2.05, 4.69) is 48.6 Å². The van der Waals surface area contributed by atoms with E-state index >= 15 is 0 Å². The molecule has 0 aliphatic carbocycles. The first-order valence-corrected chi connectivity index (χ1v) is 14.3. The topological polar surface area (TPSA) is 97.9 Å². The van der Waals surface area contributed by atoms with Crippen molar-refractivity contribution in [3.63, 3.8) is 0 Å². The van der Waals surface area contributed by atoms with E-state index in [-0.39, 0.29) is 41.1 Å². The zero-order valence-corrected chi connectivity index (χ0v) is 23.9. The molecule has 8 nitrogen and oxygen atoms in total. The highest BCUT2D eigenvalue weighted by Gasteiger charge is 2.18. The molecule has 1 aromatic rings. The molecule has 36 heavy (non-hydrogen) atoms. The number of hydrogen-bond donors (Lipinski definition) is 3. The molecule has 0 saturated heterocycles. The van der Waals surface area contributed by atoms with Crippen LogP contribution < -0.4 is 20.7 Å². The van der Waals surface area contributed by atoms with E-state index in [1.54, 1.807) is 39.8 Å². The number of rotatable bonds is 16. The number of benzene rings is 1. The minimum absolute atomic E-state index is 0.0407. The van der Waals surface area contributed by atoms with Gasteiger partial charge in [-0.1, -0.05) is 74.1 Å². The first-order chi connectivity index (χ1) is 17.1. The molecule has 2 amide bonds. The molecule has 1 atom stereocenters. The minimum Gasteiger partial charge on any atom is -0.490 e. The van der Waals surface area contributed by atoms with Gasteiger partial charge in [0.2, 0.25) is 5.91 Å². The predicted molar refractivity (Wildman–Crippen MR) is 149 cm³/mol. The van der Waals surface area contributed by atoms with Crippen LogP contribution in [-0.4, -0.2) is 75.1 Å². The summed E-state index contributed by atoms with van der Waals surface area (Å²) in [5.41, 5.74) is 0.283. The maximum absolute atomic E-state index is 12.3. The van der Waals surface area contributed by atoms with Gasteiger partial charge in [0.05, 0.1) is 19.8 Å². The molecule has 1 rings (SSSR count). The molecular formula is C26H41N3O5S2. The van der Waals surface area contributed by atoms with Crippen molar-refractivity contribution in [3.05, 3.63) is 29.8 Å². The molecule has 10 heteroatoms. The van der Waals surface area contributed by atoms with Crippen LogP contribution in [0.1, 0.15) is 45.0 Å². The van der Waals surface area contributed by atoms with E-state index in [1.165, 1.54) is 0 Å². The Morgan fingerprint density at radius 3 is 2.58 bits per heavy atom. The van der Waals surface area contributed by atoms with Crippen molar-refractivity contribution < 1.29 is 23.8 Å². The Morgan fingerprint density at radius 1 is 1.11 bits per heavy atom. The highest BCUT2D eigenvalue weighted by atomic mass is 33.1. The quantitative estimate of drug-likeness (QED) is 0.127. The lowest BCUT2D eigenvalue weighted by atomic mass is 10.2. The molecule has 0 saturated carbocycles. The molecule has 0 unspecified atom stereocenters. The predicted octanol–water partition coefficient (Wildman–Crippen LogP) is 3.33. The molecule has 0 bridgehead atoms. The third-order valence-corrected chi connectivity index (χ3v) is 7.59. The average Bonchev–Trinajstić information content (AvgIpc) is 2.82. The summed E-state index contributed by atoms with van der Waals surface area (Å²) in [6.45, 7) is 12.8. The average molecular weight is 540 g/mol. The van der Waals surface area contributed by atoms with Crippen LogP contribution >= 0.6 is 21.6 Å². The van der Waals surface area contributed by atoms with E-state index in [0.29, 0.717) is 44.2 Å². The van der Waals surface area contributed by atoms with E-state index < -0.39 is 0 Å². The number of amides is 2. The van der Waals surface area contributed by atoms with Gasteiger partial charge in [0.1, 0.15) is 24.4 Å². The van der Waals surface area contributed by atoms with Gasteiger partial charge in [-0.25, -0.2) is 0 Å². The van der Waals surface area contributed by atoms with Crippen LogP contribution in [0.2, 0.25) is 0 Å². The normalized spacial score (nSPS) is 12.0. The summed E-state index contributed by atoms with van der Waals surface area (Å²) in [7, 11) is 5.12. The van der Waals surface area contributed by atoms with Crippen LogP contribution in [0.3, 0.4) is 0 Å². The van der Waals surface area contributed by atoms with E-state index in [4.69, 9.17) is 14.2 Å².